The van der Waals surface area contributed by atoms with Gasteiger partial charge < -0.3 is 34.3 Å². The number of nitrogens with one attached hydrogen (secondary N) is 2. The number of hydrogen-bond donors (Lipinski definition) is 2. The first-order valence-electron chi connectivity index (χ1n) is 25.1. The molecule has 1 heterocycles. The molecule has 1 aliphatic rings. The number of esters is 1. The third-order valence-electron chi connectivity index (χ3n) is 12.7. The van der Waals surface area contributed by atoms with Crippen LogP contribution in [-0.2, 0) is 32.7 Å². The van der Waals surface area contributed by atoms with Crippen LogP contribution in [0.1, 0.15) is 89.8 Å². The van der Waals surface area contributed by atoms with Gasteiger partial charge in [0.25, 0.3) is 0 Å². The first-order chi connectivity index (χ1) is 36.0. The van der Waals surface area contributed by atoms with Crippen LogP contribution in [0, 0.1) is 0 Å². The van der Waals surface area contributed by atoms with Gasteiger partial charge in [0.1, 0.15) is 24.0 Å². The molecule has 2 unspecified atom stereocenters. The van der Waals surface area contributed by atoms with E-state index in [-0.39, 0.29) is 43.7 Å². The van der Waals surface area contributed by atoms with E-state index in [9.17, 15) is 4.79 Å². The molecule has 7 aromatic rings. The van der Waals surface area contributed by atoms with Crippen molar-refractivity contribution in [3.05, 3.63) is 234 Å². The van der Waals surface area contributed by atoms with Crippen molar-refractivity contribution in [2.75, 3.05) is 37.1 Å². The Morgan fingerprint density at radius 3 is 1.27 bits per heavy atom. The Labute approximate surface area is 455 Å². The Morgan fingerprint density at radius 1 is 0.514 bits per heavy atom. The molecule has 0 saturated carbocycles. The highest BCUT2D eigenvalue weighted by Crippen LogP contribution is 2.53. The van der Waals surface area contributed by atoms with Gasteiger partial charge in [-0.1, -0.05) is 169 Å². The van der Waals surface area contributed by atoms with E-state index in [1.807, 2.05) is 159 Å². The average molecular weight is 1070 g/mol. The van der Waals surface area contributed by atoms with E-state index in [0.717, 1.165) is 59.3 Å². The average Bonchev–Trinajstić information content (AvgIpc) is 3.72. The van der Waals surface area contributed by atoms with E-state index in [0.29, 0.717) is 49.1 Å². The number of anilines is 2. The van der Waals surface area contributed by atoms with Crippen molar-refractivity contribution in [1.29, 1.82) is 0 Å². The lowest BCUT2D eigenvalue weighted by molar-refractivity contribution is 0.0300. The van der Waals surface area contributed by atoms with Gasteiger partial charge >= 0.3 is 5.97 Å². The summed E-state index contributed by atoms with van der Waals surface area (Å²) in [4.78, 5) is 14.5. The molecule has 0 saturated heterocycles. The van der Waals surface area contributed by atoms with Crippen LogP contribution in [0.4, 0.5) is 11.4 Å². The number of carbonyl (C=O) groups is 1. The predicted octanol–water partition coefficient (Wildman–Crippen LogP) is 16.5. The van der Waals surface area contributed by atoms with Crippen LogP contribution in [0.5, 0.6) is 11.5 Å². The number of cyclic esters (lactones) is 1. The summed E-state index contributed by atoms with van der Waals surface area (Å²) in [5.41, 5.74) is 7.38. The highest BCUT2D eigenvalue weighted by atomic mass is 35.5. The molecular weight excluding hydrogens is 1010 g/mol. The van der Waals surface area contributed by atoms with Gasteiger partial charge in [-0.05, 0) is 145 Å². The zero-order valence-electron chi connectivity index (χ0n) is 41.9. The molecule has 382 valence electrons. The van der Waals surface area contributed by atoms with Gasteiger partial charge in [-0.3, -0.25) is 0 Å². The highest BCUT2D eigenvalue weighted by Gasteiger charge is 2.48. The number of ether oxygens (including phenoxy) is 5. The van der Waals surface area contributed by atoms with Crippen LogP contribution in [0.2, 0.25) is 20.1 Å². The second-order valence-corrected chi connectivity index (χ2v) is 19.2. The summed E-state index contributed by atoms with van der Waals surface area (Å²) in [7, 11) is 0. The Kier molecular flexibility index (Phi) is 18.9. The largest absolute Gasteiger partial charge is 0.494 e. The summed E-state index contributed by atoms with van der Waals surface area (Å²) in [5.74, 6) is 0.692. The van der Waals surface area contributed by atoms with Crippen LogP contribution in [0.15, 0.2) is 170 Å². The summed E-state index contributed by atoms with van der Waals surface area (Å²) in [6, 6.07) is 52.3. The monoisotopic (exact) mass is 1070 g/mol. The fraction of sp³-hybridized carbons (Fsp3) is 0.242. The van der Waals surface area contributed by atoms with Crippen molar-refractivity contribution < 1.29 is 28.5 Å². The standard InChI is InChI=1S/C62H60Cl4N2O6/c1-5-53(72-37-35-41-15-11-9-12-16-41)67-47-27-19-43(20-28-47)51(45-23-31-49(32-24-45)70-7-3)39-62(56-55(61(69)74-62)57(63)59(65)60(66)58(56)64)40-52(46-25-33-50(34-26-46)71-8-4)44-21-29-48(30-22-44)68-54(6-2)73-38-36-42-17-13-10-14-18-42/h9-34,39-40,53-54,67-68H,5-8,35-38H2,1-4H3. The zero-order chi connectivity index (χ0) is 52.0. The lowest BCUT2D eigenvalue weighted by Gasteiger charge is -2.27. The van der Waals surface area contributed by atoms with Gasteiger partial charge in [0.05, 0.1) is 52.1 Å². The minimum Gasteiger partial charge on any atom is -0.494 e. The number of halogens is 4. The van der Waals surface area contributed by atoms with Crippen molar-refractivity contribution in [3.8, 4) is 11.5 Å². The molecule has 7 aromatic carbocycles. The Balaban J connectivity index is 1.24. The van der Waals surface area contributed by atoms with Crippen LogP contribution in [0.25, 0.3) is 11.1 Å². The maximum Gasteiger partial charge on any atom is 0.341 e. The highest BCUT2D eigenvalue weighted by molar-refractivity contribution is 6.53. The van der Waals surface area contributed by atoms with Gasteiger partial charge in [0.15, 0.2) is 5.60 Å². The number of benzene rings is 7. The second kappa shape index (κ2) is 25.8. The zero-order valence-corrected chi connectivity index (χ0v) is 45.0. The molecule has 0 spiro atoms. The van der Waals surface area contributed by atoms with Gasteiger partial charge in [-0.2, -0.15) is 0 Å². The van der Waals surface area contributed by atoms with Crippen LogP contribution >= 0.6 is 46.4 Å². The van der Waals surface area contributed by atoms with E-state index in [2.05, 4.69) is 48.7 Å². The number of carbonyl (C=O) groups excluding carboxylic acids is 1. The third kappa shape index (κ3) is 13.2. The topological polar surface area (TPSA) is 87.3 Å². The van der Waals surface area contributed by atoms with Crippen molar-refractivity contribution in [1.82, 2.24) is 0 Å². The number of hydrogen-bond acceptors (Lipinski definition) is 8. The first kappa shape index (κ1) is 54.0. The van der Waals surface area contributed by atoms with Gasteiger partial charge in [-0.25, -0.2) is 4.79 Å². The summed E-state index contributed by atoms with van der Waals surface area (Å²) >= 11 is 27.9. The van der Waals surface area contributed by atoms with Gasteiger partial charge in [-0.15, -0.1) is 0 Å². The third-order valence-corrected chi connectivity index (χ3v) is 14.5. The molecule has 8 rings (SSSR count). The van der Waals surface area contributed by atoms with E-state index < -0.39 is 11.6 Å². The minimum absolute atomic E-state index is 0.00872. The minimum atomic E-state index is -1.73. The molecule has 0 fully saturated rings. The van der Waals surface area contributed by atoms with E-state index in [4.69, 9.17) is 70.1 Å². The van der Waals surface area contributed by atoms with Crippen molar-refractivity contribution in [3.63, 3.8) is 0 Å². The fourth-order valence-corrected chi connectivity index (χ4v) is 9.97. The molecule has 0 amide bonds. The maximum absolute atomic E-state index is 14.5. The molecule has 0 bridgehead atoms. The summed E-state index contributed by atoms with van der Waals surface area (Å²) < 4.78 is 31.0. The Hall–Kier alpha value is -6.23. The van der Waals surface area contributed by atoms with Gasteiger partial charge in [0, 0.05) is 16.9 Å². The van der Waals surface area contributed by atoms with Crippen LogP contribution in [0.3, 0.4) is 0 Å². The molecular formula is C62H60Cl4N2O6. The predicted molar refractivity (Wildman–Crippen MR) is 303 cm³/mol. The maximum atomic E-state index is 14.5. The number of fused-ring (bicyclic) bond motifs is 1. The summed E-state index contributed by atoms with van der Waals surface area (Å²) in [6.07, 6.45) is 6.50. The normalized spacial score (nSPS) is 15.3. The van der Waals surface area contributed by atoms with E-state index in [1.165, 1.54) is 11.1 Å². The summed E-state index contributed by atoms with van der Waals surface area (Å²) in [5, 5.41) is 7.02. The molecule has 0 aromatic heterocycles. The van der Waals surface area contributed by atoms with Gasteiger partial charge in [0.2, 0.25) is 0 Å². The quantitative estimate of drug-likeness (QED) is 0.0268. The van der Waals surface area contributed by atoms with Crippen LogP contribution < -0.4 is 20.1 Å². The molecule has 2 atom stereocenters. The van der Waals surface area contributed by atoms with E-state index in [1.54, 1.807) is 0 Å². The first-order valence-corrected chi connectivity index (χ1v) is 26.6. The SMILES string of the molecule is CCOc1ccc(C(=CC2(C=C(c3ccc(NC(CC)OCCc4ccccc4)cc3)c3ccc(OCC)cc3)OC(=O)c3c(Cl)c(Cl)c(Cl)c(Cl)c32)c2ccc(NC(CC)OCCc3ccccc3)cc2)cc1. The molecule has 0 radical (unpaired) electrons. The molecule has 0 aliphatic carbocycles. The summed E-state index contributed by atoms with van der Waals surface area (Å²) in [6.45, 7) is 10.2. The lowest BCUT2D eigenvalue weighted by Crippen LogP contribution is -2.24. The second-order valence-electron chi connectivity index (χ2n) is 17.7. The van der Waals surface area contributed by atoms with Crippen molar-refractivity contribution in [2.24, 2.45) is 0 Å². The molecule has 12 heteroatoms. The smallest absolute Gasteiger partial charge is 0.341 e. The van der Waals surface area contributed by atoms with Crippen molar-refractivity contribution in [2.45, 2.75) is 71.4 Å². The fourth-order valence-electron chi connectivity index (χ4n) is 8.90. The molecule has 8 nitrogen and oxygen atoms in total. The Morgan fingerprint density at radius 2 is 0.892 bits per heavy atom. The van der Waals surface area contributed by atoms with E-state index >= 15 is 0 Å². The lowest BCUT2D eigenvalue weighted by atomic mass is 9.83. The Bertz CT molecular complexity index is 2860. The van der Waals surface area contributed by atoms with Crippen molar-refractivity contribution >= 4 is 74.9 Å². The molecule has 74 heavy (non-hydrogen) atoms. The number of rotatable bonds is 24. The molecule has 1 aliphatic heterocycles. The van der Waals surface area contributed by atoms with Crippen LogP contribution in [-0.4, -0.2) is 44.9 Å². The molecule has 2 N–H and O–H groups in total.